The Bertz CT molecular complexity index is 772. The number of nitrogens with one attached hydrogen (secondary N) is 1. The Labute approximate surface area is 132 Å². The number of hydrogen-bond acceptors (Lipinski definition) is 3. The van der Waals surface area contributed by atoms with Crippen LogP contribution in [0.1, 0.15) is 18.5 Å². The van der Waals surface area contributed by atoms with Gasteiger partial charge in [0.1, 0.15) is 0 Å². The highest BCUT2D eigenvalue weighted by Gasteiger charge is 2.10. The normalized spacial score (nSPS) is 12.3. The second-order valence-electron chi connectivity index (χ2n) is 5.03. The molecule has 1 heterocycles. The lowest BCUT2D eigenvalue weighted by atomic mass is 10.1. The molecule has 1 unspecified atom stereocenters. The Balaban J connectivity index is 2.00. The van der Waals surface area contributed by atoms with Crippen LogP contribution >= 0.6 is 15.9 Å². The molecule has 1 atom stereocenters. The number of rotatable bonds is 3. The van der Waals surface area contributed by atoms with E-state index in [4.69, 9.17) is 5.73 Å². The molecular weight excluding hydrogens is 326 g/mol. The smallest absolute Gasteiger partial charge is 0.0954 e. The predicted octanol–water partition coefficient (Wildman–Crippen LogP) is 4.75. The fraction of sp³-hybridized carbons (Fsp3) is 0.118. The van der Waals surface area contributed by atoms with Crippen molar-refractivity contribution in [3.8, 4) is 0 Å². The first-order valence-corrected chi connectivity index (χ1v) is 7.59. The van der Waals surface area contributed by atoms with Gasteiger partial charge in [-0.25, -0.2) is 0 Å². The Hall–Kier alpha value is -2.07. The molecule has 0 aliphatic rings. The lowest BCUT2D eigenvalue weighted by Crippen LogP contribution is -2.07. The summed E-state index contributed by atoms with van der Waals surface area (Å²) >= 11 is 3.44. The molecule has 3 rings (SSSR count). The van der Waals surface area contributed by atoms with Gasteiger partial charge in [0.2, 0.25) is 0 Å². The Morgan fingerprint density at radius 3 is 2.67 bits per heavy atom. The number of hydrogen-bond donors (Lipinski definition) is 2. The number of anilines is 2. The molecule has 0 amide bonds. The molecule has 3 nitrogen and oxygen atoms in total. The van der Waals surface area contributed by atoms with E-state index in [0.717, 1.165) is 26.8 Å². The SMILES string of the molecule is CC(Nc1ccc(N)c2cc(Br)cnc12)c1ccccc1. The van der Waals surface area contributed by atoms with Crippen molar-refractivity contribution in [2.75, 3.05) is 11.1 Å². The van der Waals surface area contributed by atoms with Gasteiger partial charge < -0.3 is 11.1 Å². The average molecular weight is 342 g/mol. The maximum atomic E-state index is 6.05. The second-order valence-corrected chi connectivity index (χ2v) is 5.94. The lowest BCUT2D eigenvalue weighted by Gasteiger charge is -2.17. The van der Waals surface area contributed by atoms with Gasteiger partial charge in [0.15, 0.2) is 0 Å². The van der Waals surface area contributed by atoms with Crippen molar-refractivity contribution in [3.05, 3.63) is 64.8 Å². The van der Waals surface area contributed by atoms with Crippen LogP contribution < -0.4 is 11.1 Å². The lowest BCUT2D eigenvalue weighted by molar-refractivity contribution is 0.886. The zero-order valence-electron chi connectivity index (χ0n) is 11.7. The van der Waals surface area contributed by atoms with Gasteiger partial charge >= 0.3 is 0 Å². The molecule has 0 saturated heterocycles. The summed E-state index contributed by atoms with van der Waals surface area (Å²) in [6.45, 7) is 2.14. The largest absolute Gasteiger partial charge is 0.398 e. The van der Waals surface area contributed by atoms with E-state index in [0.29, 0.717) is 0 Å². The molecule has 0 fully saturated rings. The van der Waals surface area contributed by atoms with Crippen molar-refractivity contribution in [2.24, 2.45) is 0 Å². The summed E-state index contributed by atoms with van der Waals surface area (Å²) < 4.78 is 0.926. The van der Waals surface area contributed by atoms with Gasteiger partial charge in [0, 0.05) is 27.8 Å². The molecule has 106 valence electrons. The number of halogens is 1. The van der Waals surface area contributed by atoms with E-state index in [2.05, 4.69) is 45.3 Å². The minimum Gasteiger partial charge on any atom is -0.398 e. The van der Waals surface area contributed by atoms with Crippen molar-refractivity contribution in [1.82, 2.24) is 4.98 Å². The maximum absolute atomic E-state index is 6.05. The molecule has 21 heavy (non-hydrogen) atoms. The Kier molecular flexibility index (Phi) is 3.80. The number of benzene rings is 2. The highest BCUT2D eigenvalue weighted by Crippen LogP contribution is 2.30. The Morgan fingerprint density at radius 2 is 1.90 bits per heavy atom. The summed E-state index contributed by atoms with van der Waals surface area (Å²) in [5, 5.41) is 4.47. The van der Waals surface area contributed by atoms with Gasteiger partial charge in [0.25, 0.3) is 0 Å². The Morgan fingerprint density at radius 1 is 1.14 bits per heavy atom. The van der Waals surface area contributed by atoms with Crippen LogP contribution in [0.25, 0.3) is 10.9 Å². The van der Waals surface area contributed by atoms with Gasteiger partial charge in [-0.15, -0.1) is 0 Å². The topological polar surface area (TPSA) is 50.9 Å². The van der Waals surface area contributed by atoms with Gasteiger partial charge in [-0.3, -0.25) is 4.98 Å². The minimum absolute atomic E-state index is 0.198. The molecule has 1 aromatic heterocycles. The van der Waals surface area contributed by atoms with Crippen LogP contribution in [0, 0.1) is 0 Å². The number of fused-ring (bicyclic) bond motifs is 1. The summed E-state index contributed by atoms with van der Waals surface area (Å²) in [6, 6.07) is 16.4. The highest BCUT2D eigenvalue weighted by molar-refractivity contribution is 9.10. The molecule has 0 bridgehead atoms. The molecule has 0 aliphatic carbocycles. The zero-order valence-corrected chi connectivity index (χ0v) is 13.3. The summed E-state index contributed by atoms with van der Waals surface area (Å²) in [5.74, 6) is 0. The minimum atomic E-state index is 0.198. The predicted molar refractivity (Wildman–Crippen MR) is 92.3 cm³/mol. The van der Waals surface area contributed by atoms with E-state index in [9.17, 15) is 0 Å². The third-order valence-corrected chi connectivity index (χ3v) is 3.96. The van der Waals surface area contributed by atoms with Crippen LogP contribution in [0.15, 0.2) is 59.2 Å². The van der Waals surface area contributed by atoms with E-state index in [1.165, 1.54) is 5.56 Å². The number of aromatic nitrogens is 1. The third-order valence-electron chi connectivity index (χ3n) is 3.52. The summed E-state index contributed by atoms with van der Waals surface area (Å²) in [5.41, 5.74) is 9.89. The standard InChI is InChI=1S/C17H16BrN3/c1-11(12-5-3-2-4-6-12)21-16-8-7-15(19)14-9-13(18)10-20-17(14)16/h2-11,21H,19H2,1H3. The fourth-order valence-electron chi connectivity index (χ4n) is 2.39. The average Bonchev–Trinajstić information content (AvgIpc) is 2.51. The summed E-state index contributed by atoms with van der Waals surface area (Å²) in [7, 11) is 0. The second kappa shape index (κ2) is 5.74. The van der Waals surface area contributed by atoms with Crippen molar-refractivity contribution in [1.29, 1.82) is 0 Å². The van der Waals surface area contributed by atoms with Crippen LogP contribution in [0.4, 0.5) is 11.4 Å². The molecule has 3 N–H and O–H groups in total. The molecule has 2 aromatic carbocycles. The first-order chi connectivity index (χ1) is 10.1. The molecule has 0 spiro atoms. The zero-order chi connectivity index (χ0) is 14.8. The molecule has 0 saturated carbocycles. The van der Waals surface area contributed by atoms with Crippen LogP contribution in [0.3, 0.4) is 0 Å². The van der Waals surface area contributed by atoms with Gasteiger partial charge in [0.05, 0.1) is 11.2 Å². The number of nitrogens with two attached hydrogens (primary N) is 1. The van der Waals surface area contributed by atoms with Crippen LogP contribution in [0.2, 0.25) is 0 Å². The van der Waals surface area contributed by atoms with Crippen molar-refractivity contribution < 1.29 is 0 Å². The molecular formula is C17H16BrN3. The van der Waals surface area contributed by atoms with Gasteiger partial charge in [-0.05, 0) is 46.6 Å². The van der Waals surface area contributed by atoms with Crippen molar-refractivity contribution >= 4 is 38.2 Å². The highest BCUT2D eigenvalue weighted by atomic mass is 79.9. The van der Waals surface area contributed by atoms with Gasteiger partial charge in [-0.2, -0.15) is 0 Å². The monoisotopic (exact) mass is 341 g/mol. The number of pyridine rings is 1. The maximum Gasteiger partial charge on any atom is 0.0954 e. The van der Waals surface area contributed by atoms with Crippen LogP contribution in [-0.4, -0.2) is 4.98 Å². The van der Waals surface area contributed by atoms with Crippen molar-refractivity contribution in [2.45, 2.75) is 13.0 Å². The van der Waals surface area contributed by atoms with E-state index in [1.54, 1.807) is 6.20 Å². The molecule has 4 heteroatoms. The van der Waals surface area contributed by atoms with E-state index < -0.39 is 0 Å². The molecule has 0 aliphatic heterocycles. The van der Waals surface area contributed by atoms with Gasteiger partial charge in [-0.1, -0.05) is 30.3 Å². The summed E-state index contributed by atoms with van der Waals surface area (Å²) in [4.78, 5) is 4.50. The van der Waals surface area contributed by atoms with E-state index >= 15 is 0 Å². The molecule has 3 aromatic rings. The molecule has 0 radical (unpaired) electrons. The van der Waals surface area contributed by atoms with Crippen LogP contribution in [-0.2, 0) is 0 Å². The first kappa shape index (κ1) is 13.9. The first-order valence-electron chi connectivity index (χ1n) is 6.80. The third kappa shape index (κ3) is 2.85. The number of nitrogen functional groups attached to an aromatic ring is 1. The summed E-state index contributed by atoms with van der Waals surface area (Å²) in [6.07, 6.45) is 1.79. The van der Waals surface area contributed by atoms with E-state index in [-0.39, 0.29) is 6.04 Å². The quantitative estimate of drug-likeness (QED) is 0.675. The van der Waals surface area contributed by atoms with E-state index in [1.807, 2.05) is 36.4 Å². The van der Waals surface area contributed by atoms with Crippen LogP contribution in [0.5, 0.6) is 0 Å². The number of nitrogens with zero attached hydrogens (tertiary/aromatic N) is 1. The van der Waals surface area contributed by atoms with Crippen molar-refractivity contribution in [3.63, 3.8) is 0 Å². The fourth-order valence-corrected chi connectivity index (χ4v) is 2.72.